The third kappa shape index (κ3) is 4.72. The van der Waals surface area contributed by atoms with Gasteiger partial charge < -0.3 is 9.47 Å². The molecule has 0 radical (unpaired) electrons. The van der Waals surface area contributed by atoms with Crippen LogP contribution in [0.15, 0.2) is 48.5 Å². The Morgan fingerprint density at radius 1 is 0.917 bits per heavy atom. The van der Waals surface area contributed by atoms with Crippen molar-refractivity contribution in [2.24, 2.45) is 0 Å². The zero-order valence-electron chi connectivity index (χ0n) is 14.0. The second-order valence-corrected chi connectivity index (χ2v) is 7.58. The monoisotopic (exact) mass is 350 g/mol. The van der Waals surface area contributed by atoms with Crippen molar-refractivity contribution < 1.29 is 22.4 Å². The van der Waals surface area contributed by atoms with Crippen LogP contribution >= 0.6 is 0 Å². The number of ether oxygens (including phenoxy) is 2. The van der Waals surface area contributed by atoms with E-state index in [4.69, 9.17) is 14.0 Å². The van der Waals surface area contributed by atoms with E-state index >= 15 is 0 Å². The van der Waals surface area contributed by atoms with Gasteiger partial charge in [0.05, 0.1) is 7.11 Å². The van der Waals surface area contributed by atoms with Crippen LogP contribution in [-0.2, 0) is 15.5 Å². The second-order valence-electron chi connectivity index (χ2n) is 6.01. The molecule has 0 aliphatic carbocycles. The summed E-state index contributed by atoms with van der Waals surface area (Å²) in [4.78, 5) is 0. The molecule has 0 bridgehead atoms. The first-order valence-corrected chi connectivity index (χ1v) is 9.16. The molecular formula is C18H22O5S. The molecule has 0 heterocycles. The fourth-order valence-electron chi connectivity index (χ4n) is 2.41. The first-order valence-electron chi connectivity index (χ1n) is 7.55. The molecule has 2 rings (SSSR count). The van der Waals surface area contributed by atoms with Crippen molar-refractivity contribution in [2.45, 2.75) is 19.3 Å². The van der Waals surface area contributed by atoms with Gasteiger partial charge in [0.1, 0.15) is 23.9 Å². The SMILES string of the molecule is COc1ccc(C(C)(C)c2ccc(OCCS(=O)(=O)O)cc2)cc1. The summed E-state index contributed by atoms with van der Waals surface area (Å²) in [7, 11) is -2.36. The minimum atomic E-state index is -4.00. The Hall–Kier alpha value is -2.05. The van der Waals surface area contributed by atoms with Gasteiger partial charge in [-0.1, -0.05) is 38.1 Å². The molecule has 0 saturated carbocycles. The highest BCUT2D eigenvalue weighted by molar-refractivity contribution is 7.85. The van der Waals surface area contributed by atoms with Crippen LogP contribution in [0.2, 0.25) is 0 Å². The molecule has 5 nitrogen and oxygen atoms in total. The topological polar surface area (TPSA) is 72.8 Å². The summed E-state index contributed by atoms with van der Waals surface area (Å²) in [5.41, 5.74) is 2.07. The third-order valence-electron chi connectivity index (χ3n) is 4.00. The van der Waals surface area contributed by atoms with Gasteiger partial charge in [0.2, 0.25) is 0 Å². The molecule has 0 aliphatic rings. The molecule has 24 heavy (non-hydrogen) atoms. The van der Waals surface area contributed by atoms with Crippen LogP contribution in [0, 0.1) is 0 Å². The number of rotatable bonds is 7. The molecule has 0 unspecified atom stereocenters. The molecular weight excluding hydrogens is 328 g/mol. The zero-order valence-corrected chi connectivity index (χ0v) is 14.8. The highest BCUT2D eigenvalue weighted by Crippen LogP contribution is 2.33. The first kappa shape index (κ1) is 18.3. The summed E-state index contributed by atoms with van der Waals surface area (Å²) in [6.07, 6.45) is 0. The molecule has 0 aromatic heterocycles. The van der Waals surface area contributed by atoms with Crippen molar-refractivity contribution in [2.75, 3.05) is 19.5 Å². The number of hydrogen-bond acceptors (Lipinski definition) is 4. The lowest BCUT2D eigenvalue weighted by Gasteiger charge is -2.26. The molecule has 1 N–H and O–H groups in total. The van der Waals surface area contributed by atoms with Crippen LogP contribution in [0.3, 0.4) is 0 Å². The van der Waals surface area contributed by atoms with Gasteiger partial charge in [-0.25, -0.2) is 0 Å². The maximum absolute atomic E-state index is 10.7. The molecule has 0 aliphatic heterocycles. The average Bonchev–Trinajstić information content (AvgIpc) is 2.54. The number of hydrogen-bond donors (Lipinski definition) is 1. The molecule has 2 aromatic rings. The van der Waals surface area contributed by atoms with E-state index in [1.54, 1.807) is 19.2 Å². The van der Waals surface area contributed by atoms with Gasteiger partial charge in [-0.15, -0.1) is 0 Å². The van der Waals surface area contributed by atoms with Gasteiger partial charge in [0.25, 0.3) is 10.1 Å². The maximum Gasteiger partial charge on any atom is 0.268 e. The third-order valence-corrected chi connectivity index (χ3v) is 4.68. The summed E-state index contributed by atoms with van der Waals surface area (Å²) < 4.78 is 40.6. The highest BCUT2D eigenvalue weighted by Gasteiger charge is 2.23. The Labute approximate surface area is 143 Å². The lowest BCUT2D eigenvalue weighted by molar-refractivity contribution is 0.335. The Kier molecular flexibility index (Phi) is 5.51. The Bertz CT molecular complexity index is 762. The number of benzene rings is 2. The van der Waals surface area contributed by atoms with E-state index in [9.17, 15) is 8.42 Å². The quantitative estimate of drug-likeness (QED) is 0.776. The van der Waals surface area contributed by atoms with Crippen molar-refractivity contribution in [3.63, 3.8) is 0 Å². The Morgan fingerprint density at radius 3 is 1.79 bits per heavy atom. The average molecular weight is 350 g/mol. The van der Waals surface area contributed by atoms with Crippen molar-refractivity contribution in [1.82, 2.24) is 0 Å². The van der Waals surface area contributed by atoms with E-state index in [-0.39, 0.29) is 12.0 Å². The molecule has 0 spiro atoms. The highest BCUT2D eigenvalue weighted by atomic mass is 32.2. The minimum absolute atomic E-state index is 0.0833. The van der Waals surface area contributed by atoms with E-state index in [1.807, 2.05) is 36.4 Å². The van der Waals surface area contributed by atoms with E-state index < -0.39 is 15.9 Å². The van der Waals surface area contributed by atoms with Crippen molar-refractivity contribution in [1.29, 1.82) is 0 Å². The van der Waals surface area contributed by atoms with Gasteiger partial charge in [-0.2, -0.15) is 8.42 Å². The summed E-state index contributed by atoms with van der Waals surface area (Å²) in [6, 6.07) is 15.4. The van der Waals surface area contributed by atoms with Gasteiger partial charge in [-0.05, 0) is 35.4 Å². The van der Waals surface area contributed by atoms with Crippen LogP contribution in [0.25, 0.3) is 0 Å². The minimum Gasteiger partial charge on any atom is -0.497 e. The Balaban J connectivity index is 2.10. The molecule has 0 saturated heterocycles. The fourth-order valence-corrected chi connectivity index (χ4v) is 2.70. The summed E-state index contributed by atoms with van der Waals surface area (Å²) >= 11 is 0. The zero-order chi connectivity index (χ0) is 17.8. The van der Waals surface area contributed by atoms with Gasteiger partial charge in [0.15, 0.2) is 0 Å². The first-order chi connectivity index (χ1) is 11.2. The van der Waals surface area contributed by atoms with E-state index in [0.717, 1.165) is 16.9 Å². The largest absolute Gasteiger partial charge is 0.497 e. The molecule has 0 fully saturated rings. The normalized spacial score (nSPS) is 12.0. The summed E-state index contributed by atoms with van der Waals surface area (Å²) in [6.45, 7) is 4.17. The molecule has 0 amide bonds. The van der Waals surface area contributed by atoms with Gasteiger partial charge >= 0.3 is 0 Å². The molecule has 0 atom stereocenters. The van der Waals surface area contributed by atoms with E-state index in [1.165, 1.54) is 0 Å². The van der Waals surface area contributed by atoms with Crippen molar-refractivity contribution in [3.8, 4) is 11.5 Å². The van der Waals surface area contributed by atoms with Crippen molar-refractivity contribution in [3.05, 3.63) is 59.7 Å². The molecule has 130 valence electrons. The lowest BCUT2D eigenvalue weighted by atomic mass is 9.78. The second kappa shape index (κ2) is 7.23. The van der Waals surface area contributed by atoms with E-state index in [2.05, 4.69) is 13.8 Å². The van der Waals surface area contributed by atoms with Crippen LogP contribution in [0.5, 0.6) is 11.5 Å². The predicted octanol–water partition coefficient (Wildman–Crippen LogP) is 3.29. The predicted molar refractivity (Wildman–Crippen MR) is 93.5 cm³/mol. The van der Waals surface area contributed by atoms with Crippen LogP contribution in [0.4, 0.5) is 0 Å². The summed E-state index contributed by atoms with van der Waals surface area (Å²) in [5.74, 6) is 0.955. The van der Waals surface area contributed by atoms with Gasteiger partial charge in [-0.3, -0.25) is 4.55 Å². The number of methoxy groups -OCH3 is 1. The maximum atomic E-state index is 10.7. The Morgan fingerprint density at radius 2 is 1.38 bits per heavy atom. The van der Waals surface area contributed by atoms with Gasteiger partial charge in [0, 0.05) is 5.41 Å². The smallest absolute Gasteiger partial charge is 0.268 e. The van der Waals surface area contributed by atoms with Crippen LogP contribution in [0.1, 0.15) is 25.0 Å². The molecule has 2 aromatic carbocycles. The fraction of sp³-hybridized carbons (Fsp3) is 0.333. The molecule has 6 heteroatoms. The van der Waals surface area contributed by atoms with E-state index in [0.29, 0.717) is 5.75 Å². The van der Waals surface area contributed by atoms with Crippen LogP contribution in [-0.4, -0.2) is 32.4 Å². The van der Waals surface area contributed by atoms with Crippen LogP contribution < -0.4 is 9.47 Å². The lowest BCUT2D eigenvalue weighted by Crippen LogP contribution is -2.18. The standard InChI is InChI=1S/C18H22O5S/c1-18(2,14-4-8-16(22-3)9-5-14)15-6-10-17(11-7-15)23-12-13-24(19,20)21/h4-11H,12-13H2,1-3H3,(H,19,20,21). The summed E-state index contributed by atoms with van der Waals surface area (Å²) in [5, 5.41) is 0. The van der Waals surface area contributed by atoms with Crippen molar-refractivity contribution >= 4 is 10.1 Å².